The lowest BCUT2D eigenvalue weighted by Gasteiger charge is -2.23. The highest BCUT2D eigenvalue weighted by Crippen LogP contribution is 2.17. The molecule has 0 aliphatic heterocycles. The molecule has 0 aromatic carbocycles. The maximum atomic E-state index is 11.6. The Morgan fingerprint density at radius 1 is 1.59 bits per heavy atom. The number of nitrogens with one attached hydrogen (secondary N) is 1. The summed E-state index contributed by atoms with van der Waals surface area (Å²) in [6.07, 6.45) is 1.63. The SMILES string of the molecule is CC(CCl)C(=O)NCC(c1ccco1)N(C)C. The lowest BCUT2D eigenvalue weighted by molar-refractivity contribution is -0.124. The Kier molecular flexibility index (Phi) is 5.51. The summed E-state index contributed by atoms with van der Waals surface area (Å²) in [5.41, 5.74) is 0. The van der Waals surface area contributed by atoms with Gasteiger partial charge in [-0.15, -0.1) is 11.6 Å². The molecular formula is C12H19ClN2O2. The molecule has 0 spiro atoms. The van der Waals surface area contributed by atoms with Gasteiger partial charge in [-0.2, -0.15) is 0 Å². The normalized spacial score (nSPS) is 14.6. The fraction of sp³-hybridized carbons (Fsp3) is 0.583. The quantitative estimate of drug-likeness (QED) is 0.793. The Balaban J connectivity index is 2.55. The van der Waals surface area contributed by atoms with Gasteiger partial charge in [0.1, 0.15) is 5.76 Å². The van der Waals surface area contributed by atoms with Crippen LogP contribution in [0.2, 0.25) is 0 Å². The molecule has 1 heterocycles. The molecule has 17 heavy (non-hydrogen) atoms. The molecule has 1 aromatic heterocycles. The molecule has 0 aliphatic carbocycles. The van der Waals surface area contributed by atoms with E-state index in [0.29, 0.717) is 12.4 Å². The summed E-state index contributed by atoms with van der Waals surface area (Å²) in [6, 6.07) is 3.79. The monoisotopic (exact) mass is 258 g/mol. The first-order valence-corrected chi connectivity index (χ1v) is 6.13. The predicted octanol–water partition coefficient (Wildman–Crippen LogP) is 1.87. The first kappa shape index (κ1) is 14.1. The van der Waals surface area contributed by atoms with Gasteiger partial charge < -0.3 is 9.73 Å². The van der Waals surface area contributed by atoms with E-state index in [2.05, 4.69) is 5.32 Å². The fourth-order valence-corrected chi connectivity index (χ4v) is 1.60. The van der Waals surface area contributed by atoms with Crippen molar-refractivity contribution in [2.45, 2.75) is 13.0 Å². The number of amides is 1. The minimum absolute atomic E-state index is 0.0293. The zero-order valence-electron chi connectivity index (χ0n) is 10.4. The van der Waals surface area contributed by atoms with Crippen LogP contribution in [-0.4, -0.2) is 37.3 Å². The molecule has 1 rings (SSSR count). The summed E-state index contributed by atoms with van der Waals surface area (Å²) in [7, 11) is 3.90. The molecule has 2 unspecified atom stereocenters. The van der Waals surface area contributed by atoms with E-state index >= 15 is 0 Å². The molecule has 1 N–H and O–H groups in total. The van der Waals surface area contributed by atoms with E-state index in [9.17, 15) is 4.79 Å². The highest BCUT2D eigenvalue weighted by atomic mass is 35.5. The van der Waals surface area contributed by atoms with Crippen molar-refractivity contribution in [1.29, 1.82) is 0 Å². The Bertz CT molecular complexity index is 338. The maximum Gasteiger partial charge on any atom is 0.224 e. The molecule has 5 heteroatoms. The number of likely N-dealkylation sites (N-methyl/N-ethyl adjacent to an activating group) is 1. The van der Waals surface area contributed by atoms with Crippen LogP contribution < -0.4 is 5.32 Å². The Morgan fingerprint density at radius 2 is 2.29 bits per heavy atom. The Morgan fingerprint density at radius 3 is 2.76 bits per heavy atom. The van der Waals surface area contributed by atoms with Gasteiger partial charge >= 0.3 is 0 Å². The minimum atomic E-state index is -0.170. The van der Waals surface area contributed by atoms with Crippen LogP contribution in [0.15, 0.2) is 22.8 Å². The van der Waals surface area contributed by atoms with Gasteiger partial charge in [0, 0.05) is 18.3 Å². The van der Waals surface area contributed by atoms with Gasteiger partial charge in [0.25, 0.3) is 0 Å². The molecule has 0 saturated carbocycles. The topological polar surface area (TPSA) is 45.5 Å². The maximum absolute atomic E-state index is 11.6. The van der Waals surface area contributed by atoms with E-state index in [1.807, 2.05) is 31.1 Å². The van der Waals surface area contributed by atoms with Crippen molar-refractivity contribution in [3.8, 4) is 0 Å². The van der Waals surface area contributed by atoms with Crippen molar-refractivity contribution in [2.75, 3.05) is 26.5 Å². The molecular weight excluding hydrogens is 240 g/mol. The zero-order valence-corrected chi connectivity index (χ0v) is 11.2. The second-order valence-electron chi connectivity index (χ2n) is 4.30. The average Bonchev–Trinajstić information content (AvgIpc) is 2.81. The third kappa shape index (κ3) is 4.06. The van der Waals surface area contributed by atoms with Gasteiger partial charge in [-0.25, -0.2) is 0 Å². The molecule has 0 radical (unpaired) electrons. The van der Waals surface area contributed by atoms with Gasteiger partial charge in [0.15, 0.2) is 0 Å². The average molecular weight is 259 g/mol. The molecule has 0 aliphatic rings. The summed E-state index contributed by atoms with van der Waals surface area (Å²) in [5.74, 6) is 0.975. The van der Waals surface area contributed by atoms with Crippen LogP contribution in [0, 0.1) is 5.92 Å². The number of alkyl halides is 1. The number of hydrogen-bond acceptors (Lipinski definition) is 3. The van der Waals surface area contributed by atoms with Crippen LogP contribution in [0.25, 0.3) is 0 Å². The summed E-state index contributed by atoms with van der Waals surface area (Å²) in [6.45, 7) is 2.32. The fourth-order valence-electron chi connectivity index (χ4n) is 1.46. The van der Waals surface area contributed by atoms with Crippen LogP contribution in [0.4, 0.5) is 0 Å². The standard InChI is InChI=1S/C12H19ClN2O2/c1-9(7-13)12(16)14-8-10(15(2)3)11-5-4-6-17-11/h4-6,9-10H,7-8H2,1-3H3,(H,14,16). The molecule has 0 bridgehead atoms. The molecule has 1 aromatic rings. The summed E-state index contributed by atoms with van der Waals surface area (Å²) >= 11 is 5.63. The lowest BCUT2D eigenvalue weighted by Crippen LogP contribution is -2.37. The molecule has 4 nitrogen and oxygen atoms in total. The molecule has 0 fully saturated rings. The third-order valence-corrected chi connectivity index (χ3v) is 3.11. The number of hydrogen-bond donors (Lipinski definition) is 1. The Labute approximate surface area is 107 Å². The predicted molar refractivity (Wildman–Crippen MR) is 68.0 cm³/mol. The van der Waals surface area contributed by atoms with E-state index in [1.54, 1.807) is 13.2 Å². The number of nitrogens with zero attached hydrogens (tertiary/aromatic N) is 1. The number of rotatable bonds is 6. The largest absolute Gasteiger partial charge is 0.468 e. The summed E-state index contributed by atoms with van der Waals surface area (Å²) < 4.78 is 5.36. The molecule has 0 saturated heterocycles. The van der Waals surface area contributed by atoms with Crippen molar-refractivity contribution in [3.63, 3.8) is 0 Å². The second kappa shape index (κ2) is 6.67. The van der Waals surface area contributed by atoms with Crippen LogP contribution in [0.5, 0.6) is 0 Å². The van der Waals surface area contributed by atoms with Crippen LogP contribution in [0.1, 0.15) is 18.7 Å². The van der Waals surface area contributed by atoms with Gasteiger partial charge in [-0.05, 0) is 26.2 Å². The van der Waals surface area contributed by atoms with Crippen LogP contribution in [0.3, 0.4) is 0 Å². The Hall–Kier alpha value is -1.00. The lowest BCUT2D eigenvalue weighted by atomic mass is 10.1. The van der Waals surface area contributed by atoms with E-state index in [-0.39, 0.29) is 17.9 Å². The van der Waals surface area contributed by atoms with Crippen LogP contribution in [-0.2, 0) is 4.79 Å². The molecule has 1 amide bonds. The van der Waals surface area contributed by atoms with Gasteiger partial charge in [-0.1, -0.05) is 6.92 Å². The first-order valence-electron chi connectivity index (χ1n) is 5.59. The van der Waals surface area contributed by atoms with Crippen LogP contribution >= 0.6 is 11.6 Å². The summed E-state index contributed by atoms with van der Waals surface area (Å²) in [5, 5.41) is 2.88. The minimum Gasteiger partial charge on any atom is -0.468 e. The molecule has 96 valence electrons. The van der Waals surface area contributed by atoms with E-state index in [0.717, 1.165) is 5.76 Å². The number of halogens is 1. The highest BCUT2D eigenvalue weighted by molar-refractivity contribution is 6.19. The highest BCUT2D eigenvalue weighted by Gasteiger charge is 2.19. The first-order chi connectivity index (χ1) is 8.06. The van der Waals surface area contributed by atoms with Crippen molar-refractivity contribution in [2.24, 2.45) is 5.92 Å². The van der Waals surface area contributed by atoms with Gasteiger partial charge in [-0.3, -0.25) is 9.69 Å². The van der Waals surface area contributed by atoms with Crippen molar-refractivity contribution < 1.29 is 9.21 Å². The van der Waals surface area contributed by atoms with Crippen molar-refractivity contribution >= 4 is 17.5 Å². The van der Waals surface area contributed by atoms with Crippen molar-refractivity contribution in [3.05, 3.63) is 24.2 Å². The third-order valence-electron chi connectivity index (χ3n) is 2.64. The smallest absolute Gasteiger partial charge is 0.224 e. The number of furan rings is 1. The summed E-state index contributed by atoms with van der Waals surface area (Å²) in [4.78, 5) is 13.6. The second-order valence-corrected chi connectivity index (χ2v) is 4.60. The number of carbonyl (C=O) groups excluding carboxylic acids is 1. The molecule has 2 atom stereocenters. The van der Waals surface area contributed by atoms with Gasteiger partial charge in [0.2, 0.25) is 5.91 Å². The zero-order chi connectivity index (χ0) is 12.8. The van der Waals surface area contributed by atoms with E-state index in [1.165, 1.54) is 0 Å². The van der Waals surface area contributed by atoms with Gasteiger partial charge in [0.05, 0.1) is 12.3 Å². The van der Waals surface area contributed by atoms with Crippen molar-refractivity contribution in [1.82, 2.24) is 10.2 Å². The van der Waals surface area contributed by atoms with E-state index < -0.39 is 0 Å². The van der Waals surface area contributed by atoms with E-state index in [4.69, 9.17) is 16.0 Å². The number of carbonyl (C=O) groups is 1.